The zero-order valence-corrected chi connectivity index (χ0v) is 17.6. The van der Waals surface area contributed by atoms with Gasteiger partial charge >= 0.3 is 0 Å². The number of nitrogens with zero attached hydrogens (tertiary/aromatic N) is 3. The van der Waals surface area contributed by atoms with Gasteiger partial charge in [0.15, 0.2) is 5.96 Å². The Kier molecular flexibility index (Phi) is 8.34. The lowest BCUT2D eigenvalue weighted by Gasteiger charge is -2.16. The minimum atomic E-state index is 0. The van der Waals surface area contributed by atoms with Gasteiger partial charge in [-0.1, -0.05) is 68.1 Å². The van der Waals surface area contributed by atoms with Gasteiger partial charge in [-0.3, -0.25) is 4.99 Å². The van der Waals surface area contributed by atoms with Gasteiger partial charge in [-0.2, -0.15) is 4.98 Å². The molecule has 1 atom stereocenters. The van der Waals surface area contributed by atoms with E-state index in [4.69, 9.17) is 10.3 Å². The maximum absolute atomic E-state index is 6.05. The fourth-order valence-electron chi connectivity index (χ4n) is 3.13. The molecule has 0 bridgehead atoms. The predicted octanol–water partition coefficient (Wildman–Crippen LogP) is 4.09. The van der Waals surface area contributed by atoms with E-state index in [9.17, 15) is 0 Å². The molecule has 7 heteroatoms. The molecule has 142 valence electrons. The molecule has 1 unspecified atom stereocenters. The first-order valence-electron chi connectivity index (χ1n) is 9.18. The fourth-order valence-corrected chi connectivity index (χ4v) is 3.13. The van der Waals surface area contributed by atoms with Crippen molar-refractivity contribution in [1.29, 1.82) is 0 Å². The average molecular weight is 469 g/mol. The van der Waals surface area contributed by atoms with E-state index in [0.717, 1.165) is 5.56 Å². The van der Waals surface area contributed by atoms with Crippen molar-refractivity contribution in [2.24, 2.45) is 10.7 Å². The molecule has 0 aliphatic heterocycles. The van der Waals surface area contributed by atoms with Crippen LogP contribution in [0.25, 0.3) is 11.4 Å². The van der Waals surface area contributed by atoms with Crippen LogP contribution in [0.5, 0.6) is 0 Å². The summed E-state index contributed by atoms with van der Waals surface area (Å²) in [6, 6.07) is 10.3. The third-order valence-electron chi connectivity index (χ3n) is 4.64. The number of halogens is 1. The molecule has 1 aromatic heterocycles. The number of nitrogens with one attached hydrogen (secondary N) is 1. The van der Waals surface area contributed by atoms with Gasteiger partial charge in [0.25, 0.3) is 0 Å². The van der Waals surface area contributed by atoms with Crippen molar-refractivity contribution in [1.82, 2.24) is 15.5 Å². The number of rotatable bonds is 5. The third kappa shape index (κ3) is 5.96. The van der Waals surface area contributed by atoms with Gasteiger partial charge in [-0.05, 0) is 12.8 Å². The second-order valence-corrected chi connectivity index (χ2v) is 6.78. The molecule has 0 radical (unpaired) electrons. The number of guanidine groups is 1. The molecule has 0 amide bonds. The van der Waals surface area contributed by atoms with Crippen LogP contribution in [0.3, 0.4) is 0 Å². The third-order valence-corrected chi connectivity index (χ3v) is 4.64. The van der Waals surface area contributed by atoms with Crippen LogP contribution >= 0.6 is 24.0 Å². The number of hydrogen-bond acceptors (Lipinski definition) is 4. The molecule has 26 heavy (non-hydrogen) atoms. The molecule has 0 spiro atoms. The first kappa shape index (κ1) is 20.7. The zero-order chi connectivity index (χ0) is 17.5. The van der Waals surface area contributed by atoms with Crippen LogP contribution in [0.1, 0.15) is 57.3 Å². The van der Waals surface area contributed by atoms with E-state index in [2.05, 4.69) is 20.4 Å². The lowest BCUT2D eigenvalue weighted by atomic mass is 10.1. The maximum Gasteiger partial charge on any atom is 0.231 e. The van der Waals surface area contributed by atoms with Crippen LogP contribution < -0.4 is 11.1 Å². The second kappa shape index (κ2) is 10.5. The van der Waals surface area contributed by atoms with Gasteiger partial charge in [0.1, 0.15) is 0 Å². The Morgan fingerprint density at radius 3 is 2.62 bits per heavy atom. The minimum absolute atomic E-state index is 0. The Morgan fingerprint density at radius 2 is 1.92 bits per heavy atom. The molecule has 1 fully saturated rings. The molecule has 1 aromatic carbocycles. The van der Waals surface area contributed by atoms with Crippen LogP contribution in [-0.4, -0.2) is 28.7 Å². The summed E-state index contributed by atoms with van der Waals surface area (Å²) in [5.74, 6) is 1.74. The molecule has 0 saturated heterocycles. The van der Waals surface area contributed by atoms with Gasteiger partial charge in [-0.25, -0.2) is 0 Å². The van der Waals surface area contributed by atoms with Crippen LogP contribution in [0.2, 0.25) is 0 Å². The second-order valence-electron chi connectivity index (χ2n) is 6.78. The standard InChI is InChI=1S/C19H27N5O.HI/c1-14(13-21-19(20)22-16-11-7-2-3-8-12-16)18-23-17(24-25-18)15-9-5-4-6-10-15;/h4-6,9-10,14,16H,2-3,7-8,11-13H2,1H3,(H3,20,21,22);1H. The summed E-state index contributed by atoms with van der Waals surface area (Å²) in [5, 5.41) is 7.41. The number of benzene rings is 1. The predicted molar refractivity (Wildman–Crippen MR) is 115 cm³/mol. The van der Waals surface area contributed by atoms with E-state index in [-0.39, 0.29) is 29.9 Å². The first-order chi connectivity index (χ1) is 12.2. The van der Waals surface area contributed by atoms with Gasteiger partial charge in [-0.15, -0.1) is 24.0 Å². The summed E-state index contributed by atoms with van der Waals surface area (Å²) in [7, 11) is 0. The molecule has 3 rings (SSSR count). The summed E-state index contributed by atoms with van der Waals surface area (Å²) in [6.07, 6.45) is 7.54. The summed E-state index contributed by atoms with van der Waals surface area (Å²) in [5.41, 5.74) is 7.00. The molecule has 1 saturated carbocycles. The number of nitrogens with two attached hydrogens (primary N) is 1. The largest absolute Gasteiger partial charge is 0.370 e. The molecule has 6 nitrogen and oxygen atoms in total. The van der Waals surface area contributed by atoms with Gasteiger partial charge in [0, 0.05) is 11.6 Å². The SMILES string of the molecule is CC(CN=C(N)NC1CCCCCC1)c1nc(-c2ccccc2)no1.I. The van der Waals surface area contributed by atoms with Gasteiger partial charge in [0.2, 0.25) is 11.7 Å². The molecular weight excluding hydrogens is 441 g/mol. The highest BCUT2D eigenvalue weighted by Crippen LogP contribution is 2.20. The summed E-state index contributed by atoms with van der Waals surface area (Å²) >= 11 is 0. The van der Waals surface area contributed by atoms with Crippen molar-refractivity contribution in [3.05, 3.63) is 36.2 Å². The Balaban J connectivity index is 0.00000243. The normalized spacial score (nSPS) is 17.2. The summed E-state index contributed by atoms with van der Waals surface area (Å²) in [4.78, 5) is 8.94. The molecule has 2 aromatic rings. The first-order valence-corrected chi connectivity index (χ1v) is 9.18. The van der Waals surface area contributed by atoms with Crippen molar-refractivity contribution in [2.45, 2.75) is 57.4 Å². The summed E-state index contributed by atoms with van der Waals surface area (Å²) < 4.78 is 5.39. The van der Waals surface area contributed by atoms with Gasteiger partial charge in [0.05, 0.1) is 12.5 Å². The van der Waals surface area contributed by atoms with E-state index < -0.39 is 0 Å². The van der Waals surface area contributed by atoms with E-state index in [1.165, 1.54) is 38.5 Å². The molecule has 1 aliphatic carbocycles. The lowest BCUT2D eigenvalue weighted by Crippen LogP contribution is -2.40. The van der Waals surface area contributed by atoms with Crippen LogP contribution in [-0.2, 0) is 0 Å². The van der Waals surface area contributed by atoms with Crippen LogP contribution in [0.15, 0.2) is 39.8 Å². The minimum Gasteiger partial charge on any atom is -0.370 e. The summed E-state index contributed by atoms with van der Waals surface area (Å²) in [6.45, 7) is 2.55. The monoisotopic (exact) mass is 469 g/mol. The number of hydrogen-bond donors (Lipinski definition) is 2. The van der Waals surface area contributed by atoms with E-state index in [1.807, 2.05) is 37.3 Å². The lowest BCUT2D eigenvalue weighted by molar-refractivity contribution is 0.361. The molecule has 1 aliphatic rings. The molecule has 1 heterocycles. The van der Waals surface area contributed by atoms with Crippen molar-refractivity contribution < 1.29 is 4.52 Å². The van der Waals surface area contributed by atoms with Crippen molar-refractivity contribution in [3.63, 3.8) is 0 Å². The average Bonchev–Trinajstić information content (AvgIpc) is 3.00. The molecular formula is C19H28IN5O. The quantitative estimate of drug-likeness (QED) is 0.298. The highest BCUT2D eigenvalue weighted by Gasteiger charge is 2.16. The topological polar surface area (TPSA) is 89.3 Å². The van der Waals surface area contributed by atoms with Crippen molar-refractivity contribution >= 4 is 29.9 Å². The Bertz CT molecular complexity index is 680. The fraction of sp³-hybridized carbons (Fsp3) is 0.526. The number of aliphatic imine (C=N–C) groups is 1. The maximum atomic E-state index is 6.05. The number of aromatic nitrogens is 2. The van der Waals surface area contributed by atoms with E-state index >= 15 is 0 Å². The van der Waals surface area contributed by atoms with E-state index in [1.54, 1.807) is 0 Å². The Morgan fingerprint density at radius 1 is 1.23 bits per heavy atom. The van der Waals surface area contributed by atoms with E-state index in [0.29, 0.717) is 30.3 Å². The Labute approximate surface area is 172 Å². The Hall–Kier alpha value is -1.64. The van der Waals surface area contributed by atoms with Crippen LogP contribution in [0.4, 0.5) is 0 Å². The highest BCUT2D eigenvalue weighted by molar-refractivity contribution is 14.0. The van der Waals surface area contributed by atoms with Crippen molar-refractivity contribution in [2.75, 3.05) is 6.54 Å². The highest BCUT2D eigenvalue weighted by atomic mass is 127. The van der Waals surface area contributed by atoms with Crippen molar-refractivity contribution in [3.8, 4) is 11.4 Å². The van der Waals surface area contributed by atoms with Gasteiger partial charge < -0.3 is 15.6 Å². The molecule has 3 N–H and O–H groups in total. The van der Waals surface area contributed by atoms with Crippen LogP contribution in [0, 0.1) is 0 Å². The smallest absolute Gasteiger partial charge is 0.231 e. The zero-order valence-electron chi connectivity index (χ0n) is 15.2.